The van der Waals surface area contributed by atoms with E-state index >= 15 is 0 Å². The van der Waals surface area contributed by atoms with Crippen molar-refractivity contribution in [1.82, 2.24) is 4.98 Å². The zero-order valence-corrected chi connectivity index (χ0v) is 25.2. The Morgan fingerprint density at radius 3 is 2.45 bits per heavy atom. The summed E-state index contributed by atoms with van der Waals surface area (Å²) in [4.78, 5) is 56.4. The normalized spacial score (nSPS) is 18.3. The van der Waals surface area contributed by atoms with Crippen LogP contribution >= 0.6 is 34.7 Å². The van der Waals surface area contributed by atoms with Crippen molar-refractivity contribution in [3.05, 3.63) is 86.9 Å². The van der Waals surface area contributed by atoms with Crippen molar-refractivity contribution in [2.24, 2.45) is 11.8 Å². The number of hydrogen-bond acceptors (Lipinski definition) is 9. The monoisotopic (exact) mass is 643 g/mol. The topological polar surface area (TPSA) is 146 Å². The highest BCUT2D eigenvalue weighted by molar-refractivity contribution is 8.01. The summed E-state index contributed by atoms with van der Waals surface area (Å²) in [6.07, 6.45) is 4.65. The van der Waals surface area contributed by atoms with E-state index < -0.39 is 10.8 Å². The summed E-state index contributed by atoms with van der Waals surface area (Å²) in [5, 5.41) is 24.6. The summed E-state index contributed by atoms with van der Waals surface area (Å²) in [5.74, 6) is -1.46. The number of nitriles is 1. The van der Waals surface area contributed by atoms with Crippen molar-refractivity contribution < 1.29 is 19.3 Å². The first-order chi connectivity index (χ1) is 21.2. The van der Waals surface area contributed by atoms with E-state index in [-0.39, 0.29) is 34.9 Å². The maximum Gasteiger partial charge on any atom is 0.283 e. The van der Waals surface area contributed by atoms with E-state index in [1.807, 2.05) is 6.07 Å². The molecule has 1 saturated carbocycles. The van der Waals surface area contributed by atoms with Gasteiger partial charge in [0, 0.05) is 16.8 Å². The lowest BCUT2D eigenvalue weighted by Crippen LogP contribution is -2.30. The van der Waals surface area contributed by atoms with Gasteiger partial charge in [0.15, 0.2) is 4.34 Å². The molecule has 10 nitrogen and oxygen atoms in total. The molecule has 4 aromatic rings. The summed E-state index contributed by atoms with van der Waals surface area (Å²) in [5.41, 5.74) is 1.46. The van der Waals surface area contributed by atoms with E-state index in [9.17, 15) is 29.8 Å². The number of amides is 3. The number of halogens is 1. The average Bonchev–Trinajstić information content (AvgIpc) is 3.54. The summed E-state index contributed by atoms with van der Waals surface area (Å²) in [6, 6.07) is 17.9. The lowest BCUT2D eigenvalue weighted by molar-refractivity contribution is -0.387. The van der Waals surface area contributed by atoms with E-state index in [1.165, 1.54) is 28.4 Å². The van der Waals surface area contributed by atoms with Crippen molar-refractivity contribution in [2.45, 2.75) is 34.9 Å². The molecule has 2 aliphatic rings. The Hall–Kier alpha value is -4.57. The van der Waals surface area contributed by atoms with Gasteiger partial charge in [-0.05, 0) is 73.0 Å². The highest BCUT2D eigenvalue weighted by atomic mass is 35.5. The Bertz CT molecular complexity index is 1890. The first kappa shape index (κ1) is 29.5. The Balaban J connectivity index is 1.23. The first-order valence-corrected chi connectivity index (χ1v) is 15.7. The predicted molar refractivity (Wildman–Crippen MR) is 168 cm³/mol. The van der Waals surface area contributed by atoms with Crippen molar-refractivity contribution in [1.29, 1.82) is 5.26 Å². The van der Waals surface area contributed by atoms with Gasteiger partial charge in [0.25, 0.3) is 11.6 Å². The quantitative estimate of drug-likeness (QED) is 0.0729. The molecule has 2 atom stereocenters. The first-order valence-electron chi connectivity index (χ1n) is 13.7. The fourth-order valence-corrected chi connectivity index (χ4v) is 7.75. The third kappa shape index (κ3) is 5.81. The van der Waals surface area contributed by atoms with Gasteiger partial charge in [-0.15, -0.1) is 11.3 Å². The molecule has 44 heavy (non-hydrogen) atoms. The largest absolute Gasteiger partial charge is 0.321 e. The molecule has 220 valence electrons. The molecule has 2 heterocycles. The maximum atomic E-state index is 13.1. The highest BCUT2D eigenvalue weighted by Gasteiger charge is 2.48. The van der Waals surface area contributed by atoms with Gasteiger partial charge >= 0.3 is 0 Å². The Morgan fingerprint density at radius 2 is 1.80 bits per heavy atom. The minimum absolute atomic E-state index is 0.148. The second-order valence-electron chi connectivity index (χ2n) is 10.4. The van der Waals surface area contributed by atoms with Crippen LogP contribution in [0.3, 0.4) is 0 Å². The Labute approximate surface area is 264 Å². The summed E-state index contributed by atoms with van der Waals surface area (Å²) >= 11 is 8.28. The van der Waals surface area contributed by atoms with Crippen molar-refractivity contribution >= 4 is 85.8 Å². The van der Waals surface area contributed by atoms with Gasteiger partial charge in [-0.1, -0.05) is 42.3 Å². The molecular formula is C31H22ClN5O5S2. The zero-order chi connectivity index (χ0) is 31.0. The lowest BCUT2D eigenvalue weighted by atomic mass is 9.81. The van der Waals surface area contributed by atoms with Gasteiger partial charge in [-0.2, -0.15) is 5.26 Å². The third-order valence-electron chi connectivity index (χ3n) is 7.61. The SMILES string of the molecule is N#C/C(=C\c1ccc(Sc2nc3ccc(N4C(=O)[C@H]5CCCC[C@H]5C4=O)cc3s2)c([N+](=O)[O-])c1)C(=O)Nc1ccc(Cl)cc1. The molecule has 3 aromatic carbocycles. The van der Waals surface area contributed by atoms with Crippen LogP contribution in [-0.4, -0.2) is 27.6 Å². The number of nitro groups is 1. The standard InChI is InChI=1S/C31H22ClN5O5S2/c32-19-6-8-20(9-7-19)34-28(38)18(16-33)13-17-5-12-26(25(14-17)37(41)42)43-31-35-24-11-10-21(15-27(24)44-31)36-29(39)22-3-1-2-4-23(22)30(36)40/h5-15,22-23H,1-4H2,(H,34,38)/b18-13+/t22-,23+. The Morgan fingerprint density at radius 1 is 1.09 bits per heavy atom. The van der Waals surface area contributed by atoms with Crippen LogP contribution in [0.2, 0.25) is 5.02 Å². The van der Waals surface area contributed by atoms with E-state index in [2.05, 4.69) is 10.3 Å². The van der Waals surface area contributed by atoms with Crippen LogP contribution < -0.4 is 10.2 Å². The van der Waals surface area contributed by atoms with Crippen molar-refractivity contribution in [2.75, 3.05) is 10.2 Å². The van der Waals surface area contributed by atoms with Gasteiger partial charge < -0.3 is 5.32 Å². The van der Waals surface area contributed by atoms with Gasteiger partial charge in [-0.25, -0.2) is 4.98 Å². The smallest absolute Gasteiger partial charge is 0.283 e. The number of anilines is 2. The molecular weight excluding hydrogens is 622 g/mol. The molecule has 1 aliphatic heterocycles. The molecule has 1 saturated heterocycles. The van der Waals surface area contributed by atoms with E-state index in [0.29, 0.717) is 36.7 Å². The van der Waals surface area contributed by atoms with E-state index in [0.717, 1.165) is 42.1 Å². The maximum absolute atomic E-state index is 13.1. The van der Waals surface area contributed by atoms with E-state index in [4.69, 9.17) is 11.6 Å². The lowest BCUT2D eigenvalue weighted by Gasteiger charge is -2.19. The van der Waals surface area contributed by atoms with Crippen LogP contribution in [0.4, 0.5) is 17.1 Å². The minimum atomic E-state index is -0.666. The Kier molecular flexibility index (Phi) is 8.18. The number of nitro benzene ring substituents is 1. The molecule has 13 heteroatoms. The van der Waals surface area contributed by atoms with E-state index in [1.54, 1.807) is 54.6 Å². The number of fused-ring (bicyclic) bond motifs is 2. The van der Waals surface area contributed by atoms with Crippen LogP contribution in [0.25, 0.3) is 16.3 Å². The highest BCUT2D eigenvalue weighted by Crippen LogP contribution is 2.43. The number of benzene rings is 3. The third-order valence-corrected chi connectivity index (χ3v) is 10.0. The number of rotatable bonds is 7. The average molecular weight is 644 g/mol. The molecule has 2 fully saturated rings. The van der Waals surface area contributed by atoms with Crippen LogP contribution in [0.15, 0.2) is 75.5 Å². The molecule has 6 rings (SSSR count). The number of carbonyl (C=O) groups is 3. The summed E-state index contributed by atoms with van der Waals surface area (Å²) in [7, 11) is 0. The van der Waals surface area contributed by atoms with Crippen LogP contribution in [0.5, 0.6) is 0 Å². The second-order valence-corrected chi connectivity index (χ2v) is 13.1. The number of nitrogens with zero attached hydrogens (tertiary/aromatic N) is 4. The van der Waals surface area contributed by atoms with Gasteiger partial charge in [0.05, 0.1) is 37.6 Å². The number of thiazole rings is 1. The molecule has 3 amide bonds. The molecule has 1 aliphatic carbocycles. The number of aromatic nitrogens is 1. The summed E-state index contributed by atoms with van der Waals surface area (Å²) in [6.45, 7) is 0. The molecule has 0 bridgehead atoms. The van der Waals surface area contributed by atoms with Crippen molar-refractivity contribution in [3.63, 3.8) is 0 Å². The van der Waals surface area contributed by atoms with Crippen molar-refractivity contribution in [3.8, 4) is 6.07 Å². The number of imide groups is 1. The second kappa shape index (κ2) is 12.2. The van der Waals surface area contributed by atoms with Crippen LogP contribution in [0.1, 0.15) is 31.2 Å². The molecule has 0 spiro atoms. The molecule has 1 N–H and O–H groups in total. The van der Waals surface area contributed by atoms with Gasteiger partial charge in [-0.3, -0.25) is 29.4 Å². The van der Waals surface area contributed by atoms with Crippen LogP contribution in [-0.2, 0) is 14.4 Å². The van der Waals surface area contributed by atoms with Gasteiger partial charge in [0.1, 0.15) is 11.6 Å². The fourth-order valence-electron chi connectivity index (χ4n) is 5.49. The zero-order valence-electron chi connectivity index (χ0n) is 22.9. The predicted octanol–water partition coefficient (Wildman–Crippen LogP) is 7.23. The molecule has 0 radical (unpaired) electrons. The molecule has 1 aromatic heterocycles. The number of carbonyl (C=O) groups excluding carboxylic acids is 3. The molecule has 0 unspecified atom stereocenters. The minimum Gasteiger partial charge on any atom is -0.321 e. The van der Waals surface area contributed by atoms with Crippen LogP contribution in [0, 0.1) is 33.3 Å². The number of nitrogens with one attached hydrogen (secondary N) is 1. The fraction of sp³-hybridized carbons (Fsp3) is 0.194. The van der Waals surface area contributed by atoms with Gasteiger partial charge in [0.2, 0.25) is 11.8 Å². The summed E-state index contributed by atoms with van der Waals surface area (Å²) < 4.78 is 1.28. The number of hydrogen-bond donors (Lipinski definition) is 1.